The van der Waals surface area contributed by atoms with Crippen molar-refractivity contribution >= 4 is 11.7 Å². The van der Waals surface area contributed by atoms with Crippen LogP contribution in [0.15, 0.2) is 42.7 Å². The van der Waals surface area contributed by atoms with E-state index in [1.807, 2.05) is 35.5 Å². The van der Waals surface area contributed by atoms with E-state index in [0.29, 0.717) is 5.92 Å². The average molecular weight is 380 g/mol. The molecule has 0 saturated carbocycles. The average Bonchev–Trinajstić information content (AvgIpc) is 2.75. The summed E-state index contributed by atoms with van der Waals surface area (Å²) in [5, 5.41) is 0. The number of amides is 1. The first-order chi connectivity index (χ1) is 13.7. The molecule has 2 saturated heterocycles. The highest BCUT2D eigenvalue weighted by Gasteiger charge is 2.27. The van der Waals surface area contributed by atoms with E-state index in [1.165, 1.54) is 5.56 Å². The van der Waals surface area contributed by atoms with Gasteiger partial charge in [-0.1, -0.05) is 12.1 Å². The molecule has 2 aromatic rings. The van der Waals surface area contributed by atoms with Gasteiger partial charge in [-0.2, -0.15) is 0 Å². The summed E-state index contributed by atoms with van der Waals surface area (Å²) < 4.78 is 6.36. The topological polar surface area (TPSA) is 58.6 Å². The molecule has 0 bridgehead atoms. The lowest BCUT2D eigenvalue weighted by molar-refractivity contribution is -0.129. The van der Waals surface area contributed by atoms with Crippen molar-refractivity contribution in [2.75, 3.05) is 31.1 Å². The zero-order chi connectivity index (χ0) is 19.3. The summed E-state index contributed by atoms with van der Waals surface area (Å²) in [6, 6.07) is 10.2. The lowest BCUT2D eigenvalue weighted by atomic mass is 9.90. The molecule has 1 amide bonds. The van der Waals surface area contributed by atoms with Crippen LogP contribution in [-0.2, 0) is 4.79 Å². The summed E-state index contributed by atoms with van der Waals surface area (Å²) in [5.74, 6) is 2.39. The number of hydrogen-bond acceptors (Lipinski definition) is 5. The van der Waals surface area contributed by atoms with Crippen LogP contribution in [0.5, 0.6) is 5.88 Å². The van der Waals surface area contributed by atoms with Crippen LogP contribution in [-0.4, -0.2) is 53.1 Å². The monoisotopic (exact) mass is 380 g/mol. The fourth-order valence-electron chi connectivity index (χ4n) is 4.22. The summed E-state index contributed by atoms with van der Waals surface area (Å²) in [6.45, 7) is 5.17. The van der Waals surface area contributed by atoms with Crippen molar-refractivity contribution in [1.29, 1.82) is 0 Å². The molecule has 2 aromatic heterocycles. The van der Waals surface area contributed by atoms with Crippen molar-refractivity contribution in [2.45, 2.75) is 44.6 Å². The molecule has 0 spiro atoms. The second-order valence-corrected chi connectivity index (χ2v) is 7.67. The van der Waals surface area contributed by atoms with Gasteiger partial charge in [0.05, 0.1) is 0 Å². The Bertz CT molecular complexity index is 782. The van der Waals surface area contributed by atoms with Crippen molar-refractivity contribution in [3.63, 3.8) is 0 Å². The number of aromatic nitrogens is 2. The number of hydrogen-bond donors (Lipinski definition) is 0. The largest absolute Gasteiger partial charge is 0.474 e. The molecule has 0 aliphatic carbocycles. The Morgan fingerprint density at radius 2 is 1.71 bits per heavy atom. The molecular formula is C22H28N4O2. The van der Waals surface area contributed by atoms with Gasteiger partial charge in [0, 0.05) is 63.9 Å². The zero-order valence-electron chi connectivity index (χ0n) is 16.5. The Labute approximate surface area is 166 Å². The highest BCUT2D eigenvalue weighted by molar-refractivity contribution is 5.73. The number of likely N-dealkylation sites (tertiary alicyclic amines) is 1. The van der Waals surface area contributed by atoms with E-state index in [-0.39, 0.29) is 12.0 Å². The van der Waals surface area contributed by atoms with Crippen molar-refractivity contribution in [3.05, 3.63) is 48.3 Å². The normalized spacial score (nSPS) is 18.9. The van der Waals surface area contributed by atoms with Gasteiger partial charge in [0.2, 0.25) is 11.8 Å². The number of ether oxygens (including phenoxy) is 1. The second kappa shape index (κ2) is 8.59. The maximum Gasteiger partial charge on any atom is 0.219 e. The van der Waals surface area contributed by atoms with Gasteiger partial charge >= 0.3 is 0 Å². The first-order valence-electron chi connectivity index (χ1n) is 10.2. The summed E-state index contributed by atoms with van der Waals surface area (Å²) in [5.41, 5.74) is 1.19. The highest BCUT2D eigenvalue weighted by atomic mass is 16.5. The van der Waals surface area contributed by atoms with E-state index in [4.69, 9.17) is 4.74 Å². The number of nitrogens with zero attached hydrogens (tertiary/aromatic N) is 4. The highest BCUT2D eigenvalue weighted by Crippen LogP contribution is 2.34. The maximum absolute atomic E-state index is 11.6. The number of carbonyl (C=O) groups excluding carboxylic acids is 1. The summed E-state index contributed by atoms with van der Waals surface area (Å²) in [4.78, 5) is 24.8. The second-order valence-electron chi connectivity index (χ2n) is 7.67. The number of piperidine rings is 2. The molecule has 2 aliphatic heterocycles. The predicted molar refractivity (Wildman–Crippen MR) is 109 cm³/mol. The maximum atomic E-state index is 11.6. The van der Waals surface area contributed by atoms with Crippen molar-refractivity contribution < 1.29 is 9.53 Å². The lowest BCUT2D eigenvalue weighted by Crippen LogP contribution is -2.39. The summed E-state index contributed by atoms with van der Waals surface area (Å²) >= 11 is 0. The van der Waals surface area contributed by atoms with Crippen molar-refractivity contribution in [1.82, 2.24) is 14.9 Å². The number of rotatable bonds is 4. The van der Waals surface area contributed by atoms with Crippen LogP contribution in [0.1, 0.15) is 44.1 Å². The molecule has 0 unspecified atom stereocenters. The molecular weight excluding hydrogens is 352 g/mol. The summed E-state index contributed by atoms with van der Waals surface area (Å²) in [6.07, 6.45) is 7.72. The van der Waals surface area contributed by atoms with Crippen LogP contribution in [0.3, 0.4) is 0 Å². The number of anilines is 1. The minimum atomic E-state index is 0.167. The van der Waals surface area contributed by atoms with Gasteiger partial charge in [-0.3, -0.25) is 4.79 Å². The molecule has 0 N–H and O–H groups in total. The smallest absolute Gasteiger partial charge is 0.219 e. The van der Waals surface area contributed by atoms with Gasteiger partial charge in [0.15, 0.2) is 0 Å². The van der Waals surface area contributed by atoms with Gasteiger partial charge < -0.3 is 14.5 Å². The van der Waals surface area contributed by atoms with Gasteiger partial charge in [0.25, 0.3) is 0 Å². The Morgan fingerprint density at radius 1 is 0.964 bits per heavy atom. The third-order valence-corrected chi connectivity index (χ3v) is 5.87. The van der Waals surface area contributed by atoms with Crippen LogP contribution in [0.2, 0.25) is 0 Å². The number of pyridine rings is 2. The van der Waals surface area contributed by atoms with Gasteiger partial charge in [-0.15, -0.1) is 0 Å². The third kappa shape index (κ3) is 4.26. The lowest BCUT2D eigenvalue weighted by Gasteiger charge is -2.34. The molecule has 0 radical (unpaired) electrons. The van der Waals surface area contributed by atoms with E-state index in [2.05, 4.69) is 27.0 Å². The Morgan fingerprint density at radius 3 is 2.39 bits per heavy atom. The molecule has 148 valence electrons. The van der Waals surface area contributed by atoms with Crippen LogP contribution in [0.4, 0.5) is 5.82 Å². The molecule has 0 aromatic carbocycles. The SMILES string of the molecule is CC(=O)N1CCC(c2cccnc2OC2CCN(c3ccccn3)CC2)CC1. The molecule has 6 nitrogen and oxygen atoms in total. The molecule has 6 heteroatoms. The molecule has 4 rings (SSSR count). The standard InChI is InChI=1S/C22H28N4O2/c1-17(27)25-13-7-18(8-14-25)20-5-4-12-24-22(20)28-19-9-15-26(16-10-19)21-6-2-3-11-23-21/h2-6,11-12,18-19H,7-10,13-16H2,1H3. The van der Waals surface area contributed by atoms with E-state index < -0.39 is 0 Å². The van der Waals surface area contributed by atoms with E-state index in [9.17, 15) is 4.79 Å². The fourth-order valence-corrected chi connectivity index (χ4v) is 4.22. The van der Waals surface area contributed by atoms with Gasteiger partial charge in [-0.25, -0.2) is 9.97 Å². The van der Waals surface area contributed by atoms with E-state index in [0.717, 1.165) is 63.6 Å². The van der Waals surface area contributed by atoms with Crippen molar-refractivity contribution in [2.24, 2.45) is 0 Å². The predicted octanol–water partition coefficient (Wildman–Crippen LogP) is 3.25. The molecule has 2 aliphatic rings. The molecule has 0 atom stereocenters. The van der Waals surface area contributed by atoms with Gasteiger partial charge in [0.1, 0.15) is 11.9 Å². The Kier molecular flexibility index (Phi) is 5.74. The fraction of sp³-hybridized carbons (Fsp3) is 0.500. The van der Waals surface area contributed by atoms with Crippen LogP contribution in [0, 0.1) is 0 Å². The van der Waals surface area contributed by atoms with Crippen LogP contribution >= 0.6 is 0 Å². The first-order valence-corrected chi connectivity index (χ1v) is 10.2. The number of carbonyl (C=O) groups is 1. The quantitative estimate of drug-likeness (QED) is 0.815. The van der Waals surface area contributed by atoms with E-state index >= 15 is 0 Å². The Hall–Kier alpha value is -2.63. The molecule has 4 heterocycles. The van der Waals surface area contributed by atoms with Gasteiger partial charge in [-0.05, 0) is 37.0 Å². The first kappa shape index (κ1) is 18.7. The zero-order valence-corrected chi connectivity index (χ0v) is 16.5. The minimum Gasteiger partial charge on any atom is -0.474 e. The van der Waals surface area contributed by atoms with E-state index in [1.54, 1.807) is 6.92 Å². The van der Waals surface area contributed by atoms with Crippen LogP contribution < -0.4 is 9.64 Å². The minimum absolute atomic E-state index is 0.167. The van der Waals surface area contributed by atoms with Crippen molar-refractivity contribution in [3.8, 4) is 5.88 Å². The molecule has 28 heavy (non-hydrogen) atoms. The summed E-state index contributed by atoms with van der Waals surface area (Å²) in [7, 11) is 0. The van der Waals surface area contributed by atoms with Crippen LogP contribution in [0.25, 0.3) is 0 Å². The molecule has 2 fully saturated rings. The Balaban J connectivity index is 1.37. The third-order valence-electron chi connectivity index (χ3n) is 5.87.